The van der Waals surface area contributed by atoms with Crippen molar-refractivity contribution in [2.75, 3.05) is 17.6 Å². The number of anilines is 1. The van der Waals surface area contributed by atoms with Gasteiger partial charge in [-0.1, -0.05) is 5.10 Å². The number of nitrogens with one attached hydrogen (secondary N) is 1. The van der Waals surface area contributed by atoms with Crippen molar-refractivity contribution in [2.45, 2.75) is 37.5 Å². The van der Waals surface area contributed by atoms with E-state index >= 15 is 0 Å². The SMILES string of the molecule is CC(N)c1nnc(NCC2(C)CCCS2)o1. The second-order valence-electron chi connectivity index (χ2n) is 4.49. The van der Waals surface area contributed by atoms with E-state index in [0.29, 0.717) is 16.7 Å². The molecule has 3 N–H and O–H groups in total. The van der Waals surface area contributed by atoms with Crippen molar-refractivity contribution < 1.29 is 4.42 Å². The Kier molecular flexibility index (Phi) is 3.39. The van der Waals surface area contributed by atoms with Gasteiger partial charge in [0.1, 0.15) is 0 Å². The first-order valence-electron chi connectivity index (χ1n) is 5.56. The van der Waals surface area contributed by atoms with Crippen molar-refractivity contribution in [1.82, 2.24) is 10.2 Å². The molecule has 2 rings (SSSR count). The molecule has 0 bridgehead atoms. The zero-order chi connectivity index (χ0) is 11.6. The van der Waals surface area contributed by atoms with E-state index in [1.54, 1.807) is 0 Å². The highest BCUT2D eigenvalue weighted by molar-refractivity contribution is 8.00. The summed E-state index contributed by atoms with van der Waals surface area (Å²) in [6, 6.07) is 0.264. The van der Waals surface area contributed by atoms with Crippen LogP contribution in [0.4, 0.5) is 6.01 Å². The van der Waals surface area contributed by atoms with Gasteiger partial charge in [-0.15, -0.1) is 5.10 Å². The minimum absolute atomic E-state index is 0.209. The summed E-state index contributed by atoms with van der Waals surface area (Å²) in [5.74, 6) is 1.72. The third kappa shape index (κ3) is 2.68. The fourth-order valence-electron chi connectivity index (χ4n) is 1.73. The van der Waals surface area contributed by atoms with Crippen LogP contribution in [-0.2, 0) is 0 Å². The van der Waals surface area contributed by atoms with E-state index in [2.05, 4.69) is 22.4 Å². The van der Waals surface area contributed by atoms with E-state index in [4.69, 9.17) is 10.2 Å². The van der Waals surface area contributed by atoms with Crippen molar-refractivity contribution in [3.8, 4) is 0 Å². The van der Waals surface area contributed by atoms with Crippen molar-refractivity contribution in [3.63, 3.8) is 0 Å². The van der Waals surface area contributed by atoms with Crippen molar-refractivity contribution in [2.24, 2.45) is 5.73 Å². The molecule has 2 heterocycles. The monoisotopic (exact) mass is 242 g/mol. The summed E-state index contributed by atoms with van der Waals surface area (Å²) >= 11 is 2.00. The number of hydrogen-bond donors (Lipinski definition) is 2. The normalized spacial score (nSPS) is 26.9. The lowest BCUT2D eigenvalue weighted by atomic mass is 10.1. The molecule has 6 heteroatoms. The van der Waals surface area contributed by atoms with Crippen LogP contribution in [0.2, 0.25) is 0 Å². The van der Waals surface area contributed by atoms with Gasteiger partial charge in [0.15, 0.2) is 0 Å². The summed E-state index contributed by atoms with van der Waals surface area (Å²) in [5, 5.41) is 11.0. The molecule has 2 unspecified atom stereocenters. The molecule has 1 saturated heterocycles. The van der Waals surface area contributed by atoms with Gasteiger partial charge in [0.05, 0.1) is 6.04 Å². The van der Waals surface area contributed by atoms with Crippen LogP contribution >= 0.6 is 11.8 Å². The second kappa shape index (κ2) is 4.63. The molecule has 0 spiro atoms. The predicted molar refractivity (Wildman–Crippen MR) is 65.5 cm³/mol. The van der Waals surface area contributed by atoms with Crippen LogP contribution in [0.3, 0.4) is 0 Å². The molecule has 90 valence electrons. The number of hydrogen-bond acceptors (Lipinski definition) is 6. The van der Waals surface area contributed by atoms with E-state index in [1.807, 2.05) is 18.7 Å². The maximum Gasteiger partial charge on any atom is 0.315 e. The molecule has 0 saturated carbocycles. The van der Waals surface area contributed by atoms with Gasteiger partial charge in [-0.25, -0.2) is 0 Å². The van der Waals surface area contributed by atoms with E-state index in [9.17, 15) is 0 Å². The zero-order valence-electron chi connectivity index (χ0n) is 9.69. The van der Waals surface area contributed by atoms with E-state index < -0.39 is 0 Å². The number of rotatable bonds is 4. The van der Waals surface area contributed by atoms with Gasteiger partial charge in [0.2, 0.25) is 5.89 Å². The Morgan fingerprint density at radius 1 is 1.62 bits per heavy atom. The molecular formula is C10H18N4OS. The smallest absolute Gasteiger partial charge is 0.315 e. The highest BCUT2D eigenvalue weighted by Crippen LogP contribution is 2.37. The van der Waals surface area contributed by atoms with Gasteiger partial charge in [-0.2, -0.15) is 11.8 Å². The largest absolute Gasteiger partial charge is 0.406 e. The summed E-state index contributed by atoms with van der Waals surface area (Å²) in [6.07, 6.45) is 2.52. The summed E-state index contributed by atoms with van der Waals surface area (Å²) in [7, 11) is 0. The van der Waals surface area contributed by atoms with Crippen LogP contribution in [0.5, 0.6) is 0 Å². The fourth-order valence-corrected chi connectivity index (χ4v) is 2.97. The van der Waals surface area contributed by atoms with Crippen LogP contribution in [0.1, 0.15) is 38.6 Å². The minimum Gasteiger partial charge on any atom is -0.406 e. The minimum atomic E-state index is -0.209. The first kappa shape index (κ1) is 11.7. The fraction of sp³-hybridized carbons (Fsp3) is 0.800. The maximum atomic E-state index is 5.64. The third-order valence-corrected chi connectivity index (χ3v) is 4.28. The Bertz CT molecular complexity index is 346. The molecule has 0 radical (unpaired) electrons. The lowest BCUT2D eigenvalue weighted by molar-refractivity contribution is 0.470. The molecular weight excluding hydrogens is 224 g/mol. The molecule has 2 atom stereocenters. The average molecular weight is 242 g/mol. The first-order valence-corrected chi connectivity index (χ1v) is 6.54. The molecule has 1 fully saturated rings. The zero-order valence-corrected chi connectivity index (χ0v) is 10.5. The second-order valence-corrected chi connectivity index (χ2v) is 6.17. The molecule has 5 nitrogen and oxygen atoms in total. The van der Waals surface area contributed by atoms with E-state index in [1.165, 1.54) is 18.6 Å². The van der Waals surface area contributed by atoms with E-state index in [-0.39, 0.29) is 6.04 Å². The number of aromatic nitrogens is 2. The number of thioether (sulfide) groups is 1. The van der Waals surface area contributed by atoms with Gasteiger partial charge < -0.3 is 15.5 Å². The molecule has 0 aromatic carbocycles. The van der Waals surface area contributed by atoms with Crippen LogP contribution in [0, 0.1) is 0 Å². The molecule has 1 aromatic rings. The summed E-state index contributed by atoms with van der Waals surface area (Å²) in [5.41, 5.74) is 5.64. The molecule has 0 amide bonds. The molecule has 0 aliphatic carbocycles. The van der Waals surface area contributed by atoms with Crippen LogP contribution < -0.4 is 11.1 Å². The predicted octanol–water partition coefficient (Wildman–Crippen LogP) is 1.79. The standard InChI is InChI=1S/C10H18N4OS/c1-7(11)8-13-14-9(15-8)12-6-10(2)4-3-5-16-10/h7H,3-6,11H2,1-2H3,(H,12,14). The van der Waals surface area contributed by atoms with Crippen molar-refractivity contribution in [1.29, 1.82) is 0 Å². The Morgan fingerprint density at radius 3 is 3.00 bits per heavy atom. The van der Waals surface area contributed by atoms with Gasteiger partial charge in [0, 0.05) is 11.3 Å². The Morgan fingerprint density at radius 2 is 2.44 bits per heavy atom. The Labute approximate surface area is 99.6 Å². The van der Waals surface area contributed by atoms with Gasteiger partial charge in [-0.3, -0.25) is 0 Å². The first-order chi connectivity index (χ1) is 7.59. The van der Waals surface area contributed by atoms with E-state index in [0.717, 1.165) is 6.54 Å². The Balaban J connectivity index is 1.89. The molecule has 16 heavy (non-hydrogen) atoms. The average Bonchev–Trinajstić information content (AvgIpc) is 2.84. The van der Waals surface area contributed by atoms with Gasteiger partial charge >= 0.3 is 6.01 Å². The topological polar surface area (TPSA) is 77.0 Å². The van der Waals surface area contributed by atoms with Gasteiger partial charge in [-0.05, 0) is 32.4 Å². The lowest BCUT2D eigenvalue weighted by Gasteiger charge is -2.21. The van der Waals surface area contributed by atoms with Crippen LogP contribution in [0.15, 0.2) is 4.42 Å². The molecule has 1 aromatic heterocycles. The summed E-state index contributed by atoms with van der Waals surface area (Å²) in [6.45, 7) is 4.95. The summed E-state index contributed by atoms with van der Waals surface area (Å²) < 4.78 is 5.68. The van der Waals surface area contributed by atoms with Gasteiger partial charge in [0.25, 0.3) is 0 Å². The van der Waals surface area contributed by atoms with Crippen molar-refractivity contribution >= 4 is 17.8 Å². The van der Waals surface area contributed by atoms with Crippen molar-refractivity contribution in [3.05, 3.63) is 5.89 Å². The van der Waals surface area contributed by atoms with Crippen LogP contribution in [-0.4, -0.2) is 27.2 Å². The Hall–Kier alpha value is -0.750. The molecule has 1 aliphatic rings. The highest BCUT2D eigenvalue weighted by Gasteiger charge is 2.29. The van der Waals surface area contributed by atoms with Crippen LogP contribution in [0.25, 0.3) is 0 Å². The third-order valence-electron chi connectivity index (χ3n) is 2.74. The number of nitrogens with two attached hydrogens (primary N) is 1. The number of nitrogens with zero attached hydrogens (tertiary/aromatic N) is 2. The quantitative estimate of drug-likeness (QED) is 0.838. The lowest BCUT2D eigenvalue weighted by Crippen LogP contribution is -2.27. The molecule has 1 aliphatic heterocycles. The summed E-state index contributed by atoms with van der Waals surface area (Å²) in [4.78, 5) is 0. The highest BCUT2D eigenvalue weighted by atomic mass is 32.2. The maximum absolute atomic E-state index is 5.64.